The smallest absolute Gasteiger partial charge is 0.341 e. The molecule has 1 aliphatic rings. The molecule has 3 rings (SSSR count). The molecule has 0 unspecified atom stereocenters. The Morgan fingerprint density at radius 1 is 1.29 bits per heavy atom. The molecule has 28 heavy (non-hydrogen) atoms. The van der Waals surface area contributed by atoms with E-state index >= 15 is 0 Å². The van der Waals surface area contributed by atoms with Crippen LogP contribution in [0.5, 0.6) is 5.75 Å². The van der Waals surface area contributed by atoms with Crippen LogP contribution in [0.15, 0.2) is 63.0 Å². The van der Waals surface area contributed by atoms with Crippen molar-refractivity contribution in [2.75, 3.05) is 6.61 Å². The maximum Gasteiger partial charge on any atom is 0.341 e. The minimum absolute atomic E-state index is 0.312. The van der Waals surface area contributed by atoms with Crippen molar-refractivity contribution in [3.8, 4) is 5.75 Å². The fourth-order valence-electron chi connectivity index (χ4n) is 2.28. The summed E-state index contributed by atoms with van der Waals surface area (Å²) in [5, 5.41) is 14.1. The molecule has 0 saturated carbocycles. The third-order valence-corrected chi connectivity index (χ3v) is 5.28. The number of halogens is 1. The van der Waals surface area contributed by atoms with Crippen molar-refractivity contribution in [1.29, 1.82) is 0 Å². The fourth-order valence-corrected chi connectivity index (χ4v) is 3.87. The number of aliphatic carboxylic acids is 1. The van der Waals surface area contributed by atoms with Crippen LogP contribution in [0.2, 0.25) is 0 Å². The van der Waals surface area contributed by atoms with Gasteiger partial charge in [-0.3, -0.25) is 4.79 Å². The number of ether oxygens (including phenoxy) is 1. The molecular formula is C19H13BrN2O4S2. The lowest BCUT2D eigenvalue weighted by atomic mass is 10.2. The molecule has 1 saturated heterocycles. The van der Waals surface area contributed by atoms with Gasteiger partial charge in [-0.15, -0.1) is 0 Å². The first-order valence-electron chi connectivity index (χ1n) is 7.95. The molecule has 0 spiro atoms. The normalized spacial score (nSPS) is 15.6. The predicted octanol–water partition coefficient (Wildman–Crippen LogP) is 4.15. The highest BCUT2D eigenvalue weighted by molar-refractivity contribution is 9.10. The maximum absolute atomic E-state index is 12.6. The van der Waals surface area contributed by atoms with Gasteiger partial charge in [-0.2, -0.15) is 10.1 Å². The number of hydrogen-bond acceptors (Lipinski definition) is 6. The molecule has 0 aliphatic carbocycles. The van der Waals surface area contributed by atoms with E-state index in [1.165, 1.54) is 18.0 Å². The van der Waals surface area contributed by atoms with Crippen LogP contribution in [0, 0.1) is 0 Å². The number of benzene rings is 2. The Morgan fingerprint density at radius 3 is 2.82 bits per heavy atom. The van der Waals surface area contributed by atoms with Crippen molar-refractivity contribution in [3.05, 3.63) is 69.0 Å². The molecule has 1 aliphatic heterocycles. The lowest BCUT2D eigenvalue weighted by Gasteiger charge is -2.09. The Labute approximate surface area is 179 Å². The number of carboxylic acids is 1. The van der Waals surface area contributed by atoms with Gasteiger partial charge >= 0.3 is 5.97 Å². The zero-order chi connectivity index (χ0) is 20.1. The molecule has 6 nitrogen and oxygen atoms in total. The van der Waals surface area contributed by atoms with Gasteiger partial charge in [0.2, 0.25) is 0 Å². The monoisotopic (exact) mass is 476 g/mol. The summed E-state index contributed by atoms with van der Waals surface area (Å²) in [5.41, 5.74) is 1.40. The lowest BCUT2D eigenvalue weighted by Crippen LogP contribution is -2.22. The van der Waals surface area contributed by atoms with Gasteiger partial charge in [-0.1, -0.05) is 52.0 Å². The minimum atomic E-state index is -1.08. The van der Waals surface area contributed by atoms with E-state index in [4.69, 9.17) is 22.1 Å². The van der Waals surface area contributed by atoms with E-state index in [-0.39, 0.29) is 5.91 Å². The topological polar surface area (TPSA) is 79.2 Å². The van der Waals surface area contributed by atoms with Crippen LogP contribution in [0.4, 0.5) is 0 Å². The number of carboxylic acid groups (broad SMARTS) is 1. The third kappa shape index (κ3) is 5.06. The van der Waals surface area contributed by atoms with Crippen molar-refractivity contribution in [2.45, 2.75) is 0 Å². The van der Waals surface area contributed by atoms with Crippen molar-refractivity contribution < 1.29 is 19.4 Å². The Hall–Kier alpha value is -2.49. The molecule has 142 valence electrons. The number of thiocarbonyl (C=S) groups is 1. The molecule has 0 aromatic heterocycles. The summed E-state index contributed by atoms with van der Waals surface area (Å²) in [6, 6.07) is 14.4. The van der Waals surface area contributed by atoms with E-state index in [9.17, 15) is 9.59 Å². The van der Waals surface area contributed by atoms with E-state index in [2.05, 4.69) is 21.0 Å². The molecule has 0 atom stereocenters. The molecule has 1 fully saturated rings. The van der Waals surface area contributed by atoms with E-state index in [1.807, 2.05) is 24.3 Å². The summed E-state index contributed by atoms with van der Waals surface area (Å²) >= 11 is 9.83. The van der Waals surface area contributed by atoms with Gasteiger partial charge < -0.3 is 9.84 Å². The number of nitrogens with zero attached hydrogens (tertiary/aromatic N) is 2. The van der Waals surface area contributed by atoms with Gasteiger partial charge in [-0.05, 0) is 48.1 Å². The first kappa shape index (κ1) is 20.2. The number of hydrazone groups is 1. The molecule has 2 aromatic carbocycles. The van der Waals surface area contributed by atoms with Crippen LogP contribution in [0.25, 0.3) is 6.08 Å². The van der Waals surface area contributed by atoms with E-state index in [0.717, 1.165) is 15.0 Å². The average Bonchev–Trinajstić information content (AvgIpc) is 2.92. The van der Waals surface area contributed by atoms with Gasteiger partial charge in [-0.25, -0.2) is 4.79 Å². The largest absolute Gasteiger partial charge is 0.481 e. The predicted molar refractivity (Wildman–Crippen MR) is 116 cm³/mol. The summed E-state index contributed by atoms with van der Waals surface area (Å²) < 4.78 is 6.45. The first-order valence-corrected chi connectivity index (χ1v) is 9.97. The van der Waals surface area contributed by atoms with Gasteiger partial charge in [0.15, 0.2) is 10.9 Å². The van der Waals surface area contributed by atoms with Gasteiger partial charge in [0, 0.05) is 10.0 Å². The Morgan fingerprint density at radius 2 is 2.07 bits per heavy atom. The minimum Gasteiger partial charge on any atom is -0.481 e. The Kier molecular flexibility index (Phi) is 6.61. The SMILES string of the molecule is O=C(O)COc1ccccc1C=NN1C(=O)C(=Cc2cccc(Br)c2)SC1=S. The number of carbonyl (C=O) groups excluding carboxylic acids is 1. The summed E-state index contributed by atoms with van der Waals surface area (Å²) in [5.74, 6) is -1.06. The van der Waals surface area contributed by atoms with Crippen LogP contribution in [0.3, 0.4) is 0 Å². The molecule has 1 amide bonds. The van der Waals surface area contributed by atoms with Gasteiger partial charge in [0.05, 0.1) is 11.1 Å². The van der Waals surface area contributed by atoms with Crippen LogP contribution >= 0.6 is 39.9 Å². The zero-order valence-corrected chi connectivity index (χ0v) is 17.5. The van der Waals surface area contributed by atoms with Crippen LogP contribution in [0.1, 0.15) is 11.1 Å². The van der Waals surface area contributed by atoms with Crippen LogP contribution < -0.4 is 4.74 Å². The molecular weight excluding hydrogens is 464 g/mol. The van der Waals surface area contributed by atoms with Crippen molar-refractivity contribution in [1.82, 2.24) is 5.01 Å². The number of amides is 1. The van der Waals surface area contributed by atoms with E-state index in [0.29, 0.717) is 20.5 Å². The molecule has 2 aromatic rings. The van der Waals surface area contributed by atoms with Crippen molar-refractivity contribution in [2.24, 2.45) is 5.10 Å². The first-order chi connectivity index (χ1) is 13.4. The van der Waals surface area contributed by atoms with Crippen LogP contribution in [-0.4, -0.2) is 39.1 Å². The summed E-state index contributed by atoms with van der Waals surface area (Å²) in [4.78, 5) is 23.8. The standard InChI is InChI=1S/C19H13BrN2O4S2/c20-14-6-3-4-12(8-14)9-16-18(25)22(19(27)28-16)21-10-13-5-1-2-7-15(13)26-11-17(23)24/h1-10H,11H2,(H,23,24). The molecule has 0 bridgehead atoms. The summed E-state index contributed by atoms with van der Waals surface area (Å²) in [6.07, 6.45) is 3.17. The number of para-hydroxylation sites is 1. The van der Waals surface area contributed by atoms with E-state index < -0.39 is 12.6 Å². The van der Waals surface area contributed by atoms with E-state index in [1.54, 1.807) is 30.3 Å². The second-order valence-electron chi connectivity index (χ2n) is 5.51. The number of carbonyl (C=O) groups is 2. The average molecular weight is 477 g/mol. The third-order valence-electron chi connectivity index (χ3n) is 3.50. The maximum atomic E-state index is 12.6. The van der Waals surface area contributed by atoms with Crippen molar-refractivity contribution >= 4 is 68.4 Å². The molecule has 9 heteroatoms. The Balaban J connectivity index is 1.79. The zero-order valence-electron chi connectivity index (χ0n) is 14.2. The van der Waals surface area contributed by atoms with Crippen molar-refractivity contribution in [3.63, 3.8) is 0 Å². The summed E-state index contributed by atoms with van der Waals surface area (Å²) in [6.45, 7) is -0.471. The number of rotatable bonds is 6. The second-order valence-corrected chi connectivity index (χ2v) is 8.10. The van der Waals surface area contributed by atoms with Crippen LogP contribution in [-0.2, 0) is 9.59 Å². The highest BCUT2D eigenvalue weighted by Crippen LogP contribution is 2.33. The number of hydrogen-bond donors (Lipinski definition) is 1. The Bertz CT molecular complexity index is 1010. The fraction of sp³-hybridized carbons (Fsp3) is 0.0526. The number of thioether (sulfide) groups is 1. The highest BCUT2D eigenvalue weighted by atomic mass is 79.9. The molecule has 0 radical (unpaired) electrons. The second kappa shape index (κ2) is 9.13. The molecule has 1 heterocycles. The summed E-state index contributed by atoms with van der Waals surface area (Å²) in [7, 11) is 0. The quantitative estimate of drug-likeness (QED) is 0.383. The lowest BCUT2D eigenvalue weighted by molar-refractivity contribution is -0.139. The van der Waals surface area contributed by atoms with Gasteiger partial charge in [0.25, 0.3) is 5.91 Å². The highest BCUT2D eigenvalue weighted by Gasteiger charge is 2.32. The van der Waals surface area contributed by atoms with Gasteiger partial charge in [0.1, 0.15) is 5.75 Å². The molecule has 1 N–H and O–H groups in total.